The standard InChI is InChI=1S/C22H28N4O/c27-13-12-26(15-17-6-2-1-3-7-17)16-20-19-9-5-11-24-22(19)25-21(20)18-8-4-10-23-14-18/h1-3,5-7,9,11,18,23,27H,4,8,10,12-16H2,(H,24,25). The van der Waals surface area contributed by atoms with Crippen molar-refractivity contribution in [3.63, 3.8) is 0 Å². The van der Waals surface area contributed by atoms with Gasteiger partial charge in [0.15, 0.2) is 0 Å². The average molecular weight is 364 g/mol. The molecule has 1 aromatic carbocycles. The summed E-state index contributed by atoms with van der Waals surface area (Å²) in [7, 11) is 0. The van der Waals surface area contributed by atoms with E-state index >= 15 is 0 Å². The van der Waals surface area contributed by atoms with E-state index in [1.807, 2.05) is 18.3 Å². The van der Waals surface area contributed by atoms with Gasteiger partial charge in [-0.15, -0.1) is 0 Å². The van der Waals surface area contributed by atoms with E-state index in [-0.39, 0.29) is 6.61 Å². The van der Waals surface area contributed by atoms with E-state index in [2.05, 4.69) is 50.5 Å². The van der Waals surface area contributed by atoms with Crippen LogP contribution in [0.3, 0.4) is 0 Å². The second-order valence-electron chi connectivity index (χ2n) is 7.38. The van der Waals surface area contributed by atoms with E-state index in [0.717, 1.165) is 31.8 Å². The van der Waals surface area contributed by atoms with Gasteiger partial charge in [0.25, 0.3) is 0 Å². The molecular formula is C22H28N4O. The predicted molar refractivity (Wildman–Crippen MR) is 109 cm³/mol. The molecule has 3 aromatic rings. The number of nitrogens with zero attached hydrogens (tertiary/aromatic N) is 2. The molecule has 1 fully saturated rings. The van der Waals surface area contributed by atoms with E-state index in [9.17, 15) is 5.11 Å². The monoisotopic (exact) mass is 364 g/mol. The van der Waals surface area contributed by atoms with Gasteiger partial charge in [0.05, 0.1) is 6.61 Å². The molecule has 5 nitrogen and oxygen atoms in total. The highest BCUT2D eigenvalue weighted by molar-refractivity contribution is 5.81. The van der Waals surface area contributed by atoms with Gasteiger partial charge in [-0.25, -0.2) is 4.98 Å². The quantitative estimate of drug-likeness (QED) is 0.603. The number of aliphatic hydroxyl groups is 1. The van der Waals surface area contributed by atoms with Gasteiger partial charge in [-0.2, -0.15) is 0 Å². The number of aliphatic hydroxyl groups excluding tert-OH is 1. The highest BCUT2D eigenvalue weighted by Crippen LogP contribution is 2.31. The molecule has 0 amide bonds. The molecule has 1 aliphatic heterocycles. The summed E-state index contributed by atoms with van der Waals surface area (Å²) in [6.07, 6.45) is 4.25. The number of rotatable bonds is 7. The van der Waals surface area contributed by atoms with Crippen LogP contribution >= 0.6 is 0 Å². The topological polar surface area (TPSA) is 64.2 Å². The number of hydrogen-bond donors (Lipinski definition) is 3. The summed E-state index contributed by atoms with van der Waals surface area (Å²) in [4.78, 5) is 10.5. The molecule has 1 aliphatic rings. The number of benzene rings is 1. The molecule has 3 N–H and O–H groups in total. The van der Waals surface area contributed by atoms with E-state index in [1.165, 1.54) is 35.0 Å². The van der Waals surface area contributed by atoms with Crippen LogP contribution < -0.4 is 5.32 Å². The molecule has 0 radical (unpaired) electrons. The molecule has 0 spiro atoms. The van der Waals surface area contributed by atoms with Gasteiger partial charge in [-0.1, -0.05) is 30.3 Å². The van der Waals surface area contributed by atoms with E-state index < -0.39 is 0 Å². The maximum Gasteiger partial charge on any atom is 0.137 e. The number of aromatic nitrogens is 2. The molecule has 3 heterocycles. The minimum absolute atomic E-state index is 0.160. The Bertz CT molecular complexity index is 855. The number of aromatic amines is 1. The highest BCUT2D eigenvalue weighted by Gasteiger charge is 2.23. The summed E-state index contributed by atoms with van der Waals surface area (Å²) >= 11 is 0. The van der Waals surface area contributed by atoms with Crippen molar-refractivity contribution < 1.29 is 5.11 Å². The first-order valence-corrected chi connectivity index (χ1v) is 9.88. The van der Waals surface area contributed by atoms with E-state index in [4.69, 9.17) is 0 Å². The van der Waals surface area contributed by atoms with Crippen LogP contribution in [0.1, 0.15) is 35.6 Å². The summed E-state index contributed by atoms with van der Waals surface area (Å²) < 4.78 is 0. The number of nitrogens with one attached hydrogen (secondary N) is 2. The van der Waals surface area contributed by atoms with Gasteiger partial charge >= 0.3 is 0 Å². The van der Waals surface area contributed by atoms with Gasteiger partial charge in [0, 0.05) is 49.4 Å². The van der Waals surface area contributed by atoms with Crippen LogP contribution in [0.5, 0.6) is 0 Å². The number of H-pyrrole nitrogens is 1. The van der Waals surface area contributed by atoms with E-state index in [1.54, 1.807) is 0 Å². The molecule has 1 saturated heterocycles. The number of hydrogen-bond acceptors (Lipinski definition) is 4. The number of piperidine rings is 1. The second-order valence-corrected chi connectivity index (χ2v) is 7.38. The van der Waals surface area contributed by atoms with Gasteiger partial charge in [-0.05, 0) is 42.6 Å². The zero-order chi connectivity index (χ0) is 18.5. The van der Waals surface area contributed by atoms with Crippen molar-refractivity contribution in [2.24, 2.45) is 0 Å². The van der Waals surface area contributed by atoms with Crippen molar-refractivity contribution in [1.29, 1.82) is 0 Å². The molecule has 5 heteroatoms. The van der Waals surface area contributed by atoms with Crippen LogP contribution in [0.2, 0.25) is 0 Å². The first kappa shape index (κ1) is 18.2. The Morgan fingerprint density at radius 2 is 2.00 bits per heavy atom. The van der Waals surface area contributed by atoms with Crippen LogP contribution in [0.15, 0.2) is 48.7 Å². The fourth-order valence-corrected chi connectivity index (χ4v) is 4.13. The minimum atomic E-state index is 0.160. The minimum Gasteiger partial charge on any atom is -0.395 e. The first-order valence-electron chi connectivity index (χ1n) is 9.88. The zero-order valence-electron chi connectivity index (χ0n) is 15.7. The Morgan fingerprint density at radius 3 is 2.78 bits per heavy atom. The van der Waals surface area contributed by atoms with Gasteiger partial charge in [0.1, 0.15) is 5.65 Å². The molecule has 0 bridgehead atoms. The van der Waals surface area contributed by atoms with Crippen molar-refractivity contribution in [1.82, 2.24) is 20.2 Å². The third kappa shape index (κ3) is 4.21. The Labute approximate surface area is 160 Å². The largest absolute Gasteiger partial charge is 0.395 e. The van der Waals surface area contributed by atoms with Crippen molar-refractivity contribution in [2.45, 2.75) is 31.8 Å². The molecular weight excluding hydrogens is 336 g/mol. The maximum absolute atomic E-state index is 9.60. The van der Waals surface area contributed by atoms with E-state index in [0.29, 0.717) is 12.5 Å². The molecule has 2 aromatic heterocycles. The lowest BCUT2D eigenvalue weighted by atomic mass is 9.93. The Morgan fingerprint density at radius 1 is 1.11 bits per heavy atom. The van der Waals surface area contributed by atoms with Crippen LogP contribution in [-0.2, 0) is 13.1 Å². The number of pyridine rings is 1. The summed E-state index contributed by atoms with van der Waals surface area (Å²) in [5.74, 6) is 0.496. The molecule has 27 heavy (non-hydrogen) atoms. The lowest BCUT2D eigenvalue weighted by molar-refractivity contribution is 0.184. The fraction of sp³-hybridized carbons (Fsp3) is 0.409. The smallest absolute Gasteiger partial charge is 0.137 e. The SMILES string of the molecule is OCCN(Cc1ccccc1)Cc1c(C2CCCNC2)[nH]c2ncccc12. The summed E-state index contributed by atoms with van der Waals surface area (Å²) in [6, 6.07) is 14.6. The Balaban J connectivity index is 1.65. The normalized spacial score (nSPS) is 17.6. The molecule has 0 saturated carbocycles. The first-order chi connectivity index (χ1) is 13.3. The number of fused-ring (bicyclic) bond motifs is 1. The van der Waals surface area contributed by atoms with Crippen molar-refractivity contribution in [3.8, 4) is 0 Å². The third-order valence-electron chi connectivity index (χ3n) is 5.46. The molecule has 4 rings (SSSR count). The Kier molecular flexibility index (Phi) is 5.82. The van der Waals surface area contributed by atoms with Crippen molar-refractivity contribution in [2.75, 3.05) is 26.2 Å². The fourth-order valence-electron chi connectivity index (χ4n) is 4.13. The Hall–Kier alpha value is -2.21. The van der Waals surface area contributed by atoms with Crippen LogP contribution in [0.25, 0.3) is 11.0 Å². The van der Waals surface area contributed by atoms with Crippen LogP contribution in [-0.4, -0.2) is 46.2 Å². The lowest BCUT2D eigenvalue weighted by Crippen LogP contribution is -2.30. The van der Waals surface area contributed by atoms with Gasteiger partial charge in [-0.3, -0.25) is 4.90 Å². The van der Waals surface area contributed by atoms with Gasteiger partial charge < -0.3 is 15.4 Å². The maximum atomic E-state index is 9.60. The van der Waals surface area contributed by atoms with Crippen molar-refractivity contribution in [3.05, 3.63) is 65.5 Å². The molecule has 142 valence electrons. The third-order valence-corrected chi connectivity index (χ3v) is 5.46. The molecule has 1 atom stereocenters. The average Bonchev–Trinajstić information content (AvgIpc) is 3.08. The van der Waals surface area contributed by atoms with Crippen LogP contribution in [0, 0.1) is 0 Å². The second kappa shape index (κ2) is 8.65. The van der Waals surface area contributed by atoms with Crippen LogP contribution in [0.4, 0.5) is 0 Å². The predicted octanol–water partition coefficient (Wildman–Crippen LogP) is 3.02. The summed E-state index contributed by atoms with van der Waals surface area (Å²) in [5, 5.41) is 14.3. The summed E-state index contributed by atoms with van der Waals surface area (Å²) in [5.41, 5.74) is 4.88. The van der Waals surface area contributed by atoms with Crippen molar-refractivity contribution >= 4 is 11.0 Å². The summed E-state index contributed by atoms with van der Waals surface area (Å²) in [6.45, 7) is 4.58. The lowest BCUT2D eigenvalue weighted by Gasteiger charge is -2.26. The zero-order valence-corrected chi connectivity index (χ0v) is 15.7. The molecule has 0 aliphatic carbocycles. The molecule has 1 unspecified atom stereocenters. The highest BCUT2D eigenvalue weighted by atomic mass is 16.3. The van der Waals surface area contributed by atoms with Gasteiger partial charge in [0.2, 0.25) is 0 Å².